The molecule has 1 saturated carbocycles. The molecule has 2 atom stereocenters. The highest BCUT2D eigenvalue weighted by atomic mass is 32.2. The third-order valence-corrected chi connectivity index (χ3v) is 4.27. The van der Waals surface area contributed by atoms with Gasteiger partial charge in [0.15, 0.2) is 0 Å². The summed E-state index contributed by atoms with van der Waals surface area (Å²) in [5.41, 5.74) is 0. The number of hydrogen-bond donors (Lipinski definition) is 1. The number of aliphatic hydroxyl groups excluding tert-OH is 1. The molecule has 2 unspecified atom stereocenters. The largest absolute Gasteiger partial charge is 0.392 e. The molecule has 1 heterocycles. The van der Waals surface area contributed by atoms with Crippen LogP contribution < -0.4 is 0 Å². The Hall–Kier alpha value is 0.310. The van der Waals surface area contributed by atoms with Crippen LogP contribution in [0.4, 0.5) is 0 Å². The molecule has 1 aliphatic heterocycles. The van der Waals surface area contributed by atoms with Gasteiger partial charge >= 0.3 is 0 Å². The summed E-state index contributed by atoms with van der Waals surface area (Å²) < 4.78 is 0. The van der Waals surface area contributed by atoms with Gasteiger partial charge in [-0.15, -0.1) is 0 Å². The Balaban J connectivity index is 1.75. The van der Waals surface area contributed by atoms with Crippen molar-refractivity contribution in [3.63, 3.8) is 0 Å². The van der Waals surface area contributed by atoms with Gasteiger partial charge in [-0.3, -0.25) is 0 Å². The molecule has 64 valence electrons. The van der Waals surface area contributed by atoms with Crippen molar-refractivity contribution in [2.45, 2.75) is 31.8 Å². The van der Waals surface area contributed by atoms with Crippen molar-refractivity contribution in [2.24, 2.45) is 11.8 Å². The molecule has 1 saturated heterocycles. The second kappa shape index (κ2) is 3.36. The highest BCUT2D eigenvalue weighted by Gasteiger charge is 2.30. The Morgan fingerprint density at radius 2 is 2.09 bits per heavy atom. The van der Waals surface area contributed by atoms with Crippen molar-refractivity contribution in [3.8, 4) is 0 Å². The average Bonchev–Trinajstić information content (AvgIpc) is 2.27. The zero-order valence-electron chi connectivity index (χ0n) is 6.83. The van der Waals surface area contributed by atoms with E-state index >= 15 is 0 Å². The highest BCUT2D eigenvalue weighted by molar-refractivity contribution is 7.99. The Bertz CT molecular complexity index is 134. The molecule has 1 aliphatic carbocycles. The number of thioether (sulfide) groups is 1. The minimum absolute atomic E-state index is 0.0144. The van der Waals surface area contributed by atoms with Crippen LogP contribution in [0.5, 0.6) is 0 Å². The second-order valence-corrected chi connectivity index (χ2v) is 4.97. The molecule has 2 heteroatoms. The van der Waals surface area contributed by atoms with Crippen molar-refractivity contribution in [3.05, 3.63) is 0 Å². The molecule has 2 aliphatic rings. The van der Waals surface area contributed by atoms with E-state index in [1.165, 1.54) is 31.4 Å². The van der Waals surface area contributed by atoms with Crippen LogP contribution in [0.1, 0.15) is 25.7 Å². The fourth-order valence-electron chi connectivity index (χ4n) is 1.97. The van der Waals surface area contributed by atoms with E-state index in [-0.39, 0.29) is 6.10 Å². The lowest BCUT2D eigenvalue weighted by Gasteiger charge is -2.28. The molecule has 1 nitrogen and oxygen atoms in total. The van der Waals surface area contributed by atoms with Crippen molar-refractivity contribution in [2.75, 3.05) is 11.5 Å². The van der Waals surface area contributed by atoms with Gasteiger partial charge < -0.3 is 5.11 Å². The first kappa shape index (κ1) is 7.93. The molecule has 0 aromatic carbocycles. The fourth-order valence-corrected chi connectivity index (χ4v) is 3.28. The van der Waals surface area contributed by atoms with E-state index in [1.807, 2.05) is 11.8 Å². The zero-order chi connectivity index (χ0) is 7.68. The van der Waals surface area contributed by atoms with Crippen molar-refractivity contribution in [1.29, 1.82) is 0 Å². The molecule has 0 aromatic heterocycles. The van der Waals surface area contributed by atoms with Crippen LogP contribution in [0, 0.1) is 11.8 Å². The zero-order valence-corrected chi connectivity index (χ0v) is 7.65. The minimum Gasteiger partial charge on any atom is -0.392 e. The summed E-state index contributed by atoms with van der Waals surface area (Å²) in [5.74, 6) is 3.79. The lowest BCUT2D eigenvalue weighted by molar-refractivity contribution is 0.119. The predicted molar refractivity (Wildman–Crippen MR) is 48.8 cm³/mol. The van der Waals surface area contributed by atoms with Crippen molar-refractivity contribution < 1.29 is 5.11 Å². The Morgan fingerprint density at radius 3 is 2.55 bits per heavy atom. The number of aliphatic hydroxyl groups is 1. The molecule has 0 aromatic rings. The first-order valence-electron chi connectivity index (χ1n) is 4.62. The summed E-state index contributed by atoms with van der Waals surface area (Å²) in [4.78, 5) is 0. The van der Waals surface area contributed by atoms with Gasteiger partial charge in [-0.05, 0) is 24.0 Å². The van der Waals surface area contributed by atoms with Crippen molar-refractivity contribution in [1.82, 2.24) is 0 Å². The maximum Gasteiger partial charge on any atom is 0.0666 e. The molecule has 2 rings (SSSR count). The van der Waals surface area contributed by atoms with Crippen LogP contribution in [0.3, 0.4) is 0 Å². The van der Waals surface area contributed by atoms with E-state index in [0.29, 0.717) is 5.92 Å². The smallest absolute Gasteiger partial charge is 0.0666 e. The van der Waals surface area contributed by atoms with E-state index in [0.717, 1.165) is 11.7 Å². The Kier molecular flexibility index (Phi) is 2.42. The first-order chi connectivity index (χ1) is 5.36. The molecular formula is C9H16OS. The molecular weight excluding hydrogens is 156 g/mol. The molecule has 0 bridgehead atoms. The number of rotatable bonds is 2. The quantitative estimate of drug-likeness (QED) is 0.686. The van der Waals surface area contributed by atoms with Crippen LogP contribution >= 0.6 is 11.8 Å². The topological polar surface area (TPSA) is 20.2 Å². The third kappa shape index (κ3) is 1.73. The molecule has 0 spiro atoms. The molecule has 11 heavy (non-hydrogen) atoms. The SMILES string of the molecule is OC1CSCC1CC1CCC1. The molecule has 1 N–H and O–H groups in total. The lowest BCUT2D eigenvalue weighted by Crippen LogP contribution is -2.23. The normalized spacial score (nSPS) is 39.0. The van der Waals surface area contributed by atoms with Gasteiger partial charge in [-0.25, -0.2) is 0 Å². The predicted octanol–water partition coefficient (Wildman–Crippen LogP) is 1.90. The van der Waals surface area contributed by atoms with Gasteiger partial charge in [0.1, 0.15) is 0 Å². The standard InChI is InChI=1S/C9H16OS/c10-9-6-11-5-8(9)4-7-2-1-3-7/h7-10H,1-6H2. The van der Waals surface area contributed by atoms with Crippen LogP contribution in [0.25, 0.3) is 0 Å². The monoisotopic (exact) mass is 172 g/mol. The summed E-state index contributed by atoms with van der Waals surface area (Å²) >= 11 is 1.92. The second-order valence-electron chi connectivity index (χ2n) is 3.90. The summed E-state index contributed by atoms with van der Waals surface area (Å²) in [7, 11) is 0. The molecule has 2 fully saturated rings. The van der Waals surface area contributed by atoms with Gasteiger partial charge in [0, 0.05) is 5.75 Å². The highest BCUT2D eigenvalue weighted by Crippen LogP contribution is 2.37. The summed E-state index contributed by atoms with van der Waals surface area (Å²) in [6.45, 7) is 0. The lowest BCUT2D eigenvalue weighted by atomic mass is 9.78. The maximum absolute atomic E-state index is 9.54. The fraction of sp³-hybridized carbons (Fsp3) is 1.00. The first-order valence-corrected chi connectivity index (χ1v) is 5.77. The van der Waals surface area contributed by atoms with Crippen LogP contribution in [-0.4, -0.2) is 22.7 Å². The van der Waals surface area contributed by atoms with Crippen LogP contribution in [0.2, 0.25) is 0 Å². The van der Waals surface area contributed by atoms with Gasteiger partial charge in [-0.2, -0.15) is 11.8 Å². The van der Waals surface area contributed by atoms with Crippen molar-refractivity contribution >= 4 is 11.8 Å². The van der Waals surface area contributed by atoms with E-state index in [9.17, 15) is 5.11 Å². The minimum atomic E-state index is 0.0144. The molecule has 0 amide bonds. The van der Waals surface area contributed by atoms with Gasteiger partial charge in [0.2, 0.25) is 0 Å². The summed E-state index contributed by atoms with van der Waals surface area (Å²) in [6, 6.07) is 0. The van der Waals surface area contributed by atoms with E-state index in [2.05, 4.69) is 0 Å². The molecule has 0 radical (unpaired) electrons. The van der Waals surface area contributed by atoms with E-state index < -0.39 is 0 Å². The van der Waals surface area contributed by atoms with E-state index in [4.69, 9.17) is 0 Å². The summed E-state index contributed by atoms with van der Waals surface area (Å²) in [5, 5.41) is 9.54. The average molecular weight is 172 g/mol. The Labute approximate surface area is 72.6 Å². The third-order valence-electron chi connectivity index (χ3n) is 3.03. The van der Waals surface area contributed by atoms with Crippen LogP contribution in [0.15, 0.2) is 0 Å². The van der Waals surface area contributed by atoms with Gasteiger partial charge in [-0.1, -0.05) is 19.3 Å². The van der Waals surface area contributed by atoms with E-state index in [1.54, 1.807) is 0 Å². The van der Waals surface area contributed by atoms with Crippen LogP contribution in [-0.2, 0) is 0 Å². The Morgan fingerprint density at radius 1 is 1.27 bits per heavy atom. The summed E-state index contributed by atoms with van der Waals surface area (Å²) in [6.07, 6.45) is 5.59. The number of hydrogen-bond acceptors (Lipinski definition) is 2. The maximum atomic E-state index is 9.54. The van der Waals surface area contributed by atoms with Gasteiger partial charge in [0.05, 0.1) is 6.10 Å². The van der Waals surface area contributed by atoms with Gasteiger partial charge in [0.25, 0.3) is 0 Å².